The van der Waals surface area contributed by atoms with Gasteiger partial charge in [-0.3, -0.25) is 4.79 Å². The Morgan fingerprint density at radius 1 is 1.63 bits per heavy atom. The van der Waals surface area contributed by atoms with Gasteiger partial charge in [-0.25, -0.2) is 9.37 Å². The molecule has 0 aliphatic carbocycles. The molecular formula is C13H17ClFN3O. The van der Waals surface area contributed by atoms with Gasteiger partial charge < -0.3 is 10.2 Å². The Morgan fingerprint density at radius 2 is 2.37 bits per heavy atom. The number of nitrogens with one attached hydrogen (secondary N) is 1. The average Bonchev–Trinajstić information content (AvgIpc) is 2.35. The fraction of sp³-hybridized carbons (Fsp3) is 0.538. The number of hydrogen-bond donors (Lipinski definition) is 1. The van der Waals surface area contributed by atoms with Crippen molar-refractivity contribution >= 4 is 17.5 Å². The van der Waals surface area contributed by atoms with Gasteiger partial charge in [0.1, 0.15) is 11.0 Å². The first-order valence-electron chi connectivity index (χ1n) is 6.28. The molecule has 0 aromatic carbocycles. The number of carbonyl (C=O) groups excluding carboxylic acids is 1. The standard InChI is InChI=1S/C13H17ClFN3O/c1-8-7-18(2)4-3-11(8)17-13(19)10-5-9(15)6-16-12(10)14/h5-6,8,11H,3-4,7H2,1-2H3,(H,17,19). The zero-order valence-corrected chi connectivity index (χ0v) is 11.7. The Hall–Kier alpha value is -1.20. The molecule has 1 fully saturated rings. The first kappa shape index (κ1) is 14.2. The van der Waals surface area contributed by atoms with Crippen molar-refractivity contribution in [2.45, 2.75) is 19.4 Å². The Morgan fingerprint density at radius 3 is 3.05 bits per heavy atom. The fourth-order valence-corrected chi connectivity index (χ4v) is 2.59. The van der Waals surface area contributed by atoms with Crippen LogP contribution >= 0.6 is 11.6 Å². The number of likely N-dealkylation sites (tertiary alicyclic amines) is 1. The third-order valence-electron chi connectivity index (χ3n) is 3.48. The van der Waals surface area contributed by atoms with Crippen LogP contribution < -0.4 is 5.32 Å². The Bertz CT molecular complexity index is 483. The molecule has 2 heterocycles. The van der Waals surface area contributed by atoms with Crippen molar-refractivity contribution < 1.29 is 9.18 Å². The second-order valence-electron chi connectivity index (χ2n) is 5.10. The van der Waals surface area contributed by atoms with Crippen LogP contribution in [0.2, 0.25) is 5.15 Å². The largest absolute Gasteiger partial charge is 0.349 e. The van der Waals surface area contributed by atoms with Gasteiger partial charge in [0.2, 0.25) is 0 Å². The van der Waals surface area contributed by atoms with Crippen LogP contribution in [0, 0.1) is 11.7 Å². The summed E-state index contributed by atoms with van der Waals surface area (Å²) in [7, 11) is 2.06. The van der Waals surface area contributed by atoms with E-state index in [9.17, 15) is 9.18 Å². The van der Waals surface area contributed by atoms with E-state index >= 15 is 0 Å². The van der Waals surface area contributed by atoms with E-state index in [1.807, 2.05) is 0 Å². The zero-order valence-electron chi connectivity index (χ0n) is 11.0. The quantitative estimate of drug-likeness (QED) is 0.845. The van der Waals surface area contributed by atoms with Crippen molar-refractivity contribution in [1.29, 1.82) is 0 Å². The van der Waals surface area contributed by atoms with Crippen LogP contribution in [0.15, 0.2) is 12.3 Å². The van der Waals surface area contributed by atoms with Crippen molar-refractivity contribution in [3.05, 3.63) is 28.8 Å². The molecule has 1 amide bonds. The van der Waals surface area contributed by atoms with E-state index in [4.69, 9.17) is 11.6 Å². The van der Waals surface area contributed by atoms with Crippen molar-refractivity contribution in [1.82, 2.24) is 15.2 Å². The minimum absolute atomic E-state index is 0.0273. The molecule has 1 aliphatic rings. The number of pyridine rings is 1. The van der Waals surface area contributed by atoms with Gasteiger partial charge in [0.25, 0.3) is 5.91 Å². The summed E-state index contributed by atoms with van der Waals surface area (Å²) in [5.74, 6) is -0.577. The number of amides is 1. The van der Waals surface area contributed by atoms with E-state index in [-0.39, 0.29) is 22.7 Å². The molecule has 1 aliphatic heterocycles. The second-order valence-corrected chi connectivity index (χ2v) is 5.46. The molecule has 1 saturated heterocycles. The zero-order chi connectivity index (χ0) is 14.0. The van der Waals surface area contributed by atoms with Gasteiger partial charge in [0.05, 0.1) is 11.8 Å². The third-order valence-corrected chi connectivity index (χ3v) is 3.78. The molecule has 0 radical (unpaired) electrons. The van der Waals surface area contributed by atoms with Crippen LogP contribution in [-0.2, 0) is 0 Å². The highest BCUT2D eigenvalue weighted by molar-refractivity contribution is 6.32. The summed E-state index contributed by atoms with van der Waals surface area (Å²) in [5.41, 5.74) is 0.0906. The van der Waals surface area contributed by atoms with E-state index in [0.717, 1.165) is 31.8 Å². The first-order valence-corrected chi connectivity index (χ1v) is 6.65. The highest BCUT2D eigenvalue weighted by atomic mass is 35.5. The summed E-state index contributed by atoms with van der Waals surface area (Å²) in [5, 5.41) is 2.94. The molecule has 2 rings (SSSR count). The van der Waals surface area contributed by atoms with Crippen LogP contribution in [0.1, 0.15) is 23.7 Å². The summed E-state index contributed by atoms with van der Waals surface area (Å²) < 4.78 is 13.1. The summed E-state index contributed by atoms with van der Waals surface area (Å²) in [4.78, 5) is 18.0. The lowest BCUT2D eigenvalue weighted by molar-refractivity contribution is 0.0883. The van der Waals surface area contributed by atoms with Crippen LogP contribution in [0.4, 0.5) is 4.39 Å². The van der Waals surface area contributed by atoms with E-state index < -0.39 is 5.82 Å². The van der Waals surface area contributed by atoms with Gasteiger partial charge in [0, 0.05) is 12.6 Å². The number of carbonyl (C=O) groups is 1. The molecule has 0 spiro atoms. The highest BCUT2D eigenvalue weighted by Gasteiger charge is 2.26. The molecule has 0 saturated carbocycles. The van der Waals surface area contributed by atoms with E-state index in [1.165, 1.54) is 0 Å². The fourth-order valence-electron chi connectivity index (χ4n) is 2.40. The molecule has 6 heteroatoms. The molecule has 1 N–H and O–H groups in total. The van der Waals surface area contributed by atoms with Crippen molar-refractivity contribution in [2.75, 3.05) is 20.1 Å². The molecule has 2 atom stereocenters. The average molecular weight is 286 g/mol. The summed E-state index contributed by atoms with van der Waals surface area (Å²) in [6.45, 7) is 3.95. The van der Waals surface area contributed by atoms with Crippen LogP contribution in [0.5, 0.6) is 0 Å². The van der Waals surface area contributed by atoms with Gasteiger partial charge in [0.15, 0.2) is 0 Å². The van der Waals surface area contributed by atoms with Gasteiger partial charge in [-0.15, -0.1) is 0 Å². The summed E-state index contributed by atoms with van der Waals surface area (Å²) in [6.07, 6.45) is 1.88. The first-order chi connectivity index (χ1) is 8.97. The predicted molar refractivity (Wildman–Crippen MR) is 71.7 cm³/mol. The van der Waals surface area contributed by atoms with Crippen LogP contribution in [0.25, 0.3) is 0 Å². The van der Waals surface area contributed by atoms with Gasteiger partial charge in [-0.1, -0.05) is 18.5 Å². The highest BCUT2D eigenvalue weighted by Crippen LogP contribution is 2.18. The number of hydrogen-bond acceptors (Lipinski definition) is 3. The molecule has 104 valence electrons. The van der Waals surface area contributed by atoms with Crippen molar-refractivity contribution in [3.8, 4) is 0 Å². The monoisotopic (exact) mass is 285 g/mol. The lowest BCUT2D eigenvalue weighted by atomic mass is 9.94. The molecule has 4 nitrogen and oxygen atoms in total. The van der Waals surface area contributed by atoms with Gasteiger partial charge in [-0.05, 0) is 32.0 Å². The smallest absolute Gasteiger partial charge is 0.254 e. The van der Waals surface area contributed by atoms with Crippen LogP contribution in [0.3, 0.4) is 0 Å². The maximum Gasteiger partial charge on any atom is 0.254 e. The number of piperidine rings is 1. The molecule has 1 aromatic rings. The Labute approximate surface area is 117 Å². The number of aromatic nitrogens is 1. The Balaban J connectivity index is 2.06. The summed E-state index contributed by atoms with van der Waals surface area (Å²) in [6, 6.07) is 1.20. The number of nitrogens with zero attached hydrogens (tertiary/aromatic N) is 2. The van der Waals surface area contributed by atoms with E-state index in [1.54, 1.807) is 0 Å². The number of halogens is 2. The number of rotatable bonds is 2. The Kier molecular flexibility index (Phi) is 4.37. The van der Waals surface area contributed by atoms with E-state index in [0.29, 0.717) is 5.92 Å². The van der Waals surface area contributed by atoms with Crippen LogP contribution in [-0.4, -0.2) is 42.0 Å². The SMILES string of the molecule is CC1CN(C)CCC1NC(=O)c1cc(F)cnc1Cl. The molecular weight excluding hydrogens is 269 g/mol. The lowest BCUT2D eigenvalue weighted by Gasteiger charge is -2.35. The van der Waals surface area contributed by atoms with Gasteiger partial charge >= 0.3 is 0 Å². The van der Waals surface area contributed by atoms with Crippen molar-refractivity contribution in [2.24, 2.45) is 5.92 Å². The minimum atomic E-state index is -0.564. The second kappa shape index (κ2) is 5.84. The molecule has 1 aromatic heterocycles. The van der Waals surface area contributed by atoms with Crippen molar-refractivity contribution in [3.63, 3.8) is 0 Å². The third kappa shape index (κ3) is 3.42. The topological polar surface area (TPSA) is 45.2 Å². The maximum atomic E-state index is 13.1. The predicted octanol–water partition coefficient (Wildman–Crippen LogP) is 1.94. The minimum Gasteiger partial charge on any atom is -0.349 e. The maximum absolute atomic E-state index is 13.1. The van der Waals surface area contributed by atoms with E-state index in [2.05, 4.69) is 29.2 Å². The normalized spacial score (nSPS) is 24.2. The molecule has 19 heavy (non-hydrogen) atoms. The molecule has 2 unspecified atom stereocenters. The molecule has 0 bridgehead atoms. The lowest BCUT2D eigenvalue weighted by Crippen LogP contribution is -2.48. The summed E-state index contributed by atoms with van der Waals surface area (Å²) >= 11 is 5.82. The van der Waals surface area contributed by atoms with Gasteiger partial charge in [-0.2, -0.15) is 0 Å².